The van der Waals surface area contributed by atoms with Crippen molar-refractivity contribution in [2.24, 2.45) is 5.92 Å². The van der Waals surface area contributed by atoms with Crippen LogP contribution >= 0.6 is 7.82 Å². The van der Waals surface area contributed by atoms with Gasteiger partial charge in [0.1, 0.15) is 0 Å². The molecule has 5 heteroatoms. The second-order valence-corrected chi connectivity index (χ2v) is 3.24. The van der Waals surface area contributed by atoms with Crippen LogP contribution in [0.3, 0.4) is 0 Å². The average molecular weight is 166 g/mol. The highest BCUT2D eigenvalue weighted by molar-refractivity contribution is 7.46. The fourth-order valence-corrected chi connectivity index (χ4v) is 0.712. The first kappa shape index (κ1) is 9.85. The standard InChI is InChI=1S/C5H11O4P/c1-3-5(2)4-9-10(6,7)8/h3,5H,1,4H2,2H3,(H2,6,7,8). The van der Waals surface area contributed by atoms with Crippen LogP contribution in [0.1, 0.15) is 6.92 Å². The van der Waals surface area contributed by atoms with Crippen molar-refractivity contribution >= 4 is 7.82 Å². The molecule has 0 spiro atoms. The van der Waals surface area contributed by atoms with Crippen LogP contribution in [-0.2, 0) is 9.09 Å². The van der Waals surface area contributed by atoms with E-state index in [1.54, 1.807) is 13.0 Å². The van der Waals surface area contributed by atoms with Gasteiger partial charge in [-0.1, -0.05) is 13.0 Å². The monoisotopic (exact) mass is 166 g/mol. The van der Waals surface area contributed by atoms with Crippen molar-refractivity contribution in [3.8, 4) is 0 Å². The zero-order valence-corrected chi connectivity index (χ0v) is 6.62. The first-order chi connectivity index (χ1) is 4.45. The minimum Gasteiger partial charge on any atom is -0.303 e. The highest BCUT2D eigenvalue weighted by Gasteiger charge is 2.13. The fourth-order valence-electron chi connectivity index (χ4n) is 0.283. The topological polar surface area (TPSA) is 66.8 Å². The zero-order chi connectivity index (χ0) is 8.20. The molecule has 1 unspecified atom stereocenters. The smallest absolute Gasteiger partial charge is 0.303 e. The van der Waals surface area contributed by atoms with Crippen molar-refractivity contribution in [3.05, 3.63) is 12.7 Å². The minimum atomic E-state index is -4.28. The molecule has 1 atom stereocenters. The number of phosphoric acid groups is 1. The van der Waals surface area contributed by atoms with Gasteiger partial charge in [0, 0.05) is 0 Å². The van der Waals surface area contributed by atoms with Crippen molar-refractivity contribution in [3.63, 3.8) is 0 Å². The summed E-state index contributed by atoms with van der Waals surface area (Å²) in [5.74, 6) is -0.0346. The van der Waals surface area contributed by atoms with Gasteiger partial charge in [0.2, 0.25) is 0 Å². The van der Waals surface area contributed by atoms with Crippen LogP contribution in [0, 0.1) is 5.92 Å². The first-order valence-electron chi connectivity index (χ1n) is 2.78. The van der Waals surface area contributed by atoms with Crippen LogP contribution in [0.4, 0.5) is 0 Å². The summed E-state index contributed by atoms with van der Waals surface area (Å²) in [7, 11) is -4.28. The van der Waals surface area contributed by atoms with Gasteiger partial charge in [0.15, 0.2) is 0 Å². The zero-order valence-electron chi connectivity index (χ0n) is 5.73. The van der Waals surface area contributed by atoms with Crippen molar-refractivity contribution in [1.29, 1.82) is 0 Å². The maximum Gasteiger partial charge on any atom is 0.469 e. The van der Waals surface area contributed by atoms with E-state index >= 15 is 0 Å². The summed E-state index contributed by atoms with van der Waals surface area (Å²) in [5, 5.41) is 0. The van der Waals surface area contributed by atoms with Gasteiger partial charge in [0.05, 0.1) is 6.61 Å². The summed E-state index contributed by atoms with van der Waals surface area (Å²) in [4.78, 5) is 16.4. The van der Waals surface area contributed by atoms with Gasteiger partial charge in [-0.25, -0.2) is 4.57 Å². The minimum absolute atomic E-state index is 0.00772. The molecule has 0 aliphatic rings. The van der Waals surface area contributed by atoms with Crippen LogP contribution in [0.2, 0.25) is 0 Å². The van der Waals surface area contributed by atoms with E-state index in [0.717, 1.165) is 0 Å². The van der Waals surface area contributed by atoms with Crippen LogP contribution in [0.15, 0.2) is 12.7 Å². The van der Waals surface area contributed by atoms with E-state index in [9.17, 15) is 4.57 Å². The Bertz CT molecular complexity index is 150. The van der Waals surface area contributed by atoms with Crippen LogP contribution < -0.4 is 0 Å². The Morgan fingerprint density at radius 3 is 2.60 bits per heavy atom. The molecule has 2 N–H and O–H groups in total. The molecule has 0 aromatic rings. The molecule has 0 aromatic carbocycles. The van der Waals surface area contributed by atoms with E-state index in [1.807, 2.05) is 0 Å². The third-order valence-electron chi connectivity index (χ3n) is 0.908. The molecule has 0 saturated heterocycles. The summed E-state index contributed by atoms with van der Waals surface area (Å²) in [6.45, 7) is 5.19. The molecule has 0 rings (SSSR count). The second kappa shape index (κ2) is 3.88. The SMILES string of the molecule is C=CC(C)COP(=O)(O)O. The van der Waals surface area contributed by atoms with Crippen LogP contribution in [0.25, 0.3) is 0 Å². The number of phosphoric ester groups is 1. The molecule has 0 saturated carbocycles. The van der Waals surface area contributed by atoms with Gasteiger partial charge >= 0.3 is 7.82 Å². The van der Waals surface area contributed by atoms with Crippen LogP contribution in [-0.4, -0.2) is 16.4 Å². The molecule has 0 aliphatic carbocycles. The molecule has 4 nitrogen and oxygen atoms in total. The van der Waals surface area contributed by atoms with E-state index in [4.69, 9.17) is 9.79 Å². The van der Waals surface area contributed by atoms with Gasteiger partial charge in [-0.15, -0.1) is 6.58 Å². The molecular formula is C5H11O4P. The first-order valence-corrected chi connectivity index (χ1v) is 4.31. The number of hydrogen-bond donors (Lipinski definition) is 2. The van der Waals surface area contributed by atoms with E-state index < -0.39 is 7.82 Å². The Morgan fingerprint density at radius 1 is 1.80 bits per heavy atom. The third kappa shape index (κ3) is 5.98. The molecule has 60 valence electrons. The lowest BCUT2D eigenvalue weighted by Gasteiger charge is -2.07. The van der Waals surface area contributed by atoms with Gasteiger partial charge in [0.25, 0.3) is 0 Å². The van der Waals surface area contributed by atoms with Crippen molar-refractivity contribution in [2.75, 3.05) is 6.61 Å². The summed E-state index contributed by atoms with van der Waals surface area (Å²) in [5.41, 5.74) is 0. The second-order valence-electron chi connectivity index (χ2n) is 2.00. The van der Waals surface area contributed by atoms with Crippen molar-refractivity contribution in [1.82, 2.24) is 0 Å². The lowest BCUT2D eigenvalue weighted by atomic mass is 10.2. The molecule has 0 heterocycles. The molecule has 0 fully saturated rings. The molecule has 0 radical (unpaired) electrons. The van der Waals surface area contributed by atoms with E-state index in [1.165, 1.54) is 0 Å². The van der Waals surface area contributed by atoms with Crippen LogP contribution in [0.5, 0.6) is 0 Å². The molecule has 0 aromatic heterocycles. The average Bonchev–Trinajstić information content (AvgIpc) is 1.81. The van der Waals surface area contributed by atoms with Gasteiger partial charge in [-0.2, -0.15) is 0 Å². The maximum atomic E-state index is 10.1. The van der Waals surface area contributed by atoms with E-state index in [2.05, 4.69) is 11.1 Å². The van der Waals surface area contributed by atoms with Crippen molar-refractivity contribution in [2.45, 2.75) is 6.92 Å². The van der Waals surface area contributed by atoms with E-state index in [-0.39, 0.29) is 12.5 Å². The summed E-state index contributed by atoms with van der Waals surface area (Å²) in [6.07, 6.45) is 1.57. The third-order valence-corrected chi connectivity index (χ3v) is 1.39. The lowest BCUT2D eigenvalue weighted by molar-refractivity contribution is 0.183. The van der Waals surface area contributed by atoms with Gasteiger partial charge in [-0.3, -0.25) is 4.52 Å². The fraction of sp³-hybridized carbons (Fsp3) is 0.600. The Labute approximate surface area is 59.8 Å². The highest BCUT2D eigenvalue weighted by atomic mass is 31.2. The predicted octanol–water partition coefficient (Wildman–Crippen LogP) is 0.918. The Balaban J connectivity index is 3.55. The lowest BCUT2D eigenvalue weighted by Crippen LogP contribution is -2.00. The summed E-state index contributed by atoms with van der Waals surface area (Å²) >= 11 is 0. The maximum absolute atomic E-state index is 10.1. The molecule has 0 aliphatic heterocycles. The predicted molar refractivity (Wildman–Crippen MR) is 37.4 cm³/mol. The Hall–Kier alpha value is -0.150. The Morgan fingerprint density at radius 2 is 2.30 bits per heavy atom. The number of hydrogen-bond acceptors (Lipinski definition) is 2. The molecule has 10 heavy (non-hydrogen) atoms. The molecule has 0 amide bonds. The number of rotatable bonds is 4. The highest BCUT2D eigenvalue weighted by Crippen LogP contribution is 2.36. The van der Waals surface area contributed by atoms with Gasteiger partial charge in [-0.05, 0) is 5.92 Å². The van der Waals surface area contributed by atoms with E-state index in [0.29, 0.717) is 0 Å². The van der Waals surface area contributed by atoms with Crippen molar-refractivity contribution < 1.29 is 18.9 Å². The quantitative estimate of drug-likeness (QED) is 0.481. The largest absolute Gasteiger partial charge is 0.469 e. The Kier molecular flexibility index (Phi) is 3.83. The van der Waals surface area contributed by atoms with Gasteiger partial charge < -0.3 is 9.79 Å². The normalized spacial score (nSPS) is 14.7. The molecule has 0 bridgehead atoms. The summed E-state index contributed by atoms with van der Waals surface area (Å²) < 4.78 is 14.3. The molecular weight excluding hydrogens is 155 g/mol. The summed E-state index contributed by atoms with van der Waals surface area (Å²) in [6, 6.07) is 0.